The standard InChI is InChI=1S/C28H27N3O/c1-30-14-16-31(17-15-30)27(32)19-21-12-13-26-24(18-21)20-25(22-8-4-2-5-9-22)28(29-26)23-10-6-3-7-11-23/h2-13,18,20H,14-17,19H2,1H3. The van der Waals surface area contributed by atoms with Crippen LogP contribution in [0.1, 0.15) is 5.56 Å². The maximum Gasteiger partial charge on any atom is 0.227 e. The molecular formula is C28H27N3O. The molecule has 1 aliphatic rings. The molecule has 0 saturated carbocycles. The molecule has 2 heterocycles. The summed E-state index contributed by atoms with van der Waals surface area (Å²) in [6, 6.07) is 29.1. The largest absolute Gasteiger partial charge is 0.340 e. The number of rotatable bonds is 4. The Labute approximate surface area is 189 Å². The number of carbonyl (C=O) groups is 1. The molecule has 0 atom stereocenters. The molecule has 0 spiro atoms. The molecule has 32 heavy (non-hydrogen) atoms. The average molecular weight is 422 g/mol. The van der Waals surface area contributed by atoms with Crippen LogP contribution in [0.15, 0.2) is 84.9 Å². The van der Waals surface area contributed by atoms with E-state index >= 15 is 0 Å². The lowest BCUT2D eigenvalue weighted by atomic mass is 9.96. The summed E-state index contributed by atoms with van der Waals surface area (Å²) >= 11 is 0. The maximum absolute atomic E-state index is 12.8. The van der Waals surface area contributed by atoms with Crippen molar-refractivity contribution in [1.82, 2.24) is 14.8 Å². The Hall–Kier alpha value is -3.50. The SMILES string of the molecule is CN1CCN(C(=O)Cc2ccc3nc(-c4ccccc4)c(-c4ccccc4)cc3c2)CC1. The van der Waals surface area contributed by atoms with E-state index in [-0.39, 0.29) is 5.91 Å². The first kappa shape index (κ1) is 20.4. The lowest BCUT2D eigenvalue weighted by Crippen LogP contribution is -2.47. The van der Waals surface area contributed by atoms with Crippen LogP contribution in [0.3, 0.4) is 0 Å². The summed E-state index contributed by atoms with van der Waals surface area (Å²) in [5.74, 6) is 0.203. The summed E-state index contributed by atoms with van der Waals surface area (Å²) in [6.07, 6.45) is 0.431. The Morgan fingerprint density at radius 2 is 1.47 bits per heavy atom. The van der Waals surface area contributed by atoms with Gasteiger partial charge in [-0.15, -0.1) is 0 Å². The monoisotopic (exact) mass is 421 g/mol. The van der Waals surface area contributed by atoms with Crippen molar-refractivity contribution in [3.63, 3.8) is 0 Å². The number of fused-ring (bicyclic) bond motifs is 1. The number of likely N-dealkylation sites (N-methyl/N-ethyl adjacent to an activating group) is 1. The number of amides is 1. The van der Waals surface area contributed by atoms with Crippen molar-refractivity contribution in [2.45, 2.75) is 6.42 Å². The highest BCUT2D eigenvalue weighted by molar-refractivity contribution is 5.92. The van der Waals surface area contributed by atoms with Gasteiger partial charge in [0.1, 0.15) is 0 Å². The molecule has 1 aliphatic heterocycles. The van der Waals surface area contributed by atoms with Crippen molar-refractivity contribution in [1.29, 1.82) is 0 Å². The first-order chi connectivity index (χ1) is 15.7. The molecule has 1 amide bonds. The number of benzene rings is 3. The normalized spacial score (nSPS) is 14.6. The molecule has 4 aromatic rings. The van der Waals surface area contributed by atoms with Crippen LogP contribution in [-0.4, -0.2) is 53.9 Å². The second-order valence-electron chi connectivity index (χ2n) is 8.50. The van der Waals surface area contributed by atoms with E-state index in [1.165, 1.54) is 0 Å². The fourth-order valence-electron chi connectivity index (χ4n) is 4.33. The first-order valence-corrected chi connectivity index (χ1v) is 11.2. The molecule has 0 aliphatic carbocycles. The zero-order valence-corrected chi connectivity index (χ0v) is 18.4. The lowest BCUT2D eigenvalue weighted by molar-refractivity contribution is -0.132. The quantitative estimate of drug-likeness (QED) is 0.471. The van der Waals surface area contributed by atoms with E-state index in [1.807, 2.05) is 41.3 Å². The van der Waals surface area contributed by atoms with Crippen molar-refractivity contribution in [2.75, 3.05) is 33.2 Å². The summed E-state index contributed by atoms with van der Waals surface area (Å²) in [7, 11) is 2.10. The summed E-state index contributed by atoms with van der Waals surface area (Å²) in [4.78, 5) is 22.1. The van der Waals surface area contributed by atoms with Crippen molar-refractivity contribution in [2.24, 2.45) is 0 Å². The highest BCUT2D eigenvalue weighted by Crippen LogP contribution is 2.33. The number of hydrogen-bond acceptors (Lipinski definition) is 3. The Balaban J connectivity index is 1.51. The van der Waals surface area contributed by atoms with Gasteiger partial charge in [-0.2, -0.15) is 0 Å². The van der Waals surface area contributed by atoms with Gasteiger partial charge in [-0.05, 0) is 36.4 Å². The van der Waals surface area contributed by atoms with Gasteiger partial charge in [0, 0.05) is 42.7 Å². The van der Waals surface area contributed by atoms with Crippen LogP contribution in [0, 0.1) is 0 Å². The van der Waals surface area contributed by atoms with Crippen molar-refractivity contribution >= 4 is 16.8 Å². The number of carbonyl (C=O) groups excluding carboxylic acids is 1. The van der Waals surface area contributed by atoms with Crippen molar-refractivity contribution in [3.05, 3.63) is 90.5 Å². The Kier molecular flexibility index (Phi) is 5.70. The molecule has 1 aromatic heterocycles. The van der Waals surface area contributed by atoms with Gasteiger partial charge < -0.3 is 9.80 Å². The second-order valence-corrected chi connectivity index (χ2v) is 8.50. The molecule has 0 radical (unpaired) electrons. The number of piperazine rings is 1. The Bertz CT molecular complexity index is 1230. The predicted molar refractivity (Wildman–Crippen MR) is 130 cm³/mol. The third kappa shape index (κ3) is 4.27. The fourth-order valence-corrected chi connectivity index (χ4v) is 4.33. The fraction of sp³-hybridized carbons (Fsp3) is 0.214. The third-order valence-corrected chi connectivity index (χ3v) is 6.22. The maximum atomic E-state index is 12.8. The number of hydrogen-bond donors (Lipinski definition) is 0. The zero-order valence-electron chi connectivity index (χ0n) is 18.4. The van der Waals surface area contributed by atoms with Gasteiger partial charge in [0.05, 0.1) is 17.6 Å². The number of aromatic nitrogens is 1. The second kappa shape index (κ2) is 8.93. The molecule has 0 N–H and O–H groups in total. The summed E-state index contributed by atoms with van der Waals surface area (Å²) in [5.41, 5.74) is 6.30. The molecule has 1 saturated heterocycles. The van der Waals surface area contributed by atoms with Crippen LogP contribution in [0.5, 0.6) is 0 Å². The van der Waals surface area contributed by atoms with Gasteiger partial charge in [0.2, 0.25) is 5.91 Å². The van der Waals surface area contributed by atoms with E-state index < -0.39 is 0 Å². The van der Waals surface area contributed by atoms with E-state index in [1.54, 1.807) is 0 Å². The Morgan fingerprint density at radius 3 is 2.16 bits per heavy atom. The van der Waals surface area contributed by atoms with Gasteiger partial charge in [-0.1, -0.05) is 66.7 Å². The highest BCUT2D eigenvalue weighted by Gasteiger charge is 2.19. The number of pyridine rings is 1. The van der Waals surface area contributed by atoms with Crippen molar-refractivity contribution in [3.8, 4) is 22.4 Å². The molecule has 4 nitrogen and oxygen atoms in total. The van der Waals surface area contributed by atoms with E-state index in [0.29, 0.717) is 6.42 Å². The van der Waals surface area contributed by atoms with Crippen LogP contribution in [0.4, 0.5) is 0 Å². The molecule has 5 rings (SSSR count). The van der Waals surface area contributed by atoms with Crippen LogP contribution >= 0.6 is 0 Å². The summed E-state index contributed by atoms with van der Waals surface area (Å²) < 4.78 is 0. The lowest BCUT2D eigenvalue weighted by Gasteiger charge is -2.32. The molecule has 1 fully saturated rings. The minimum absolute atomic E-state index is 0.203. The molecule has 160 valence electrons. The third-order valence-electron chi connectivity index (χ3n) is 6.22. The van der Waals surface area contributed by atoms with Gasteiger partial charge >= 0.3 is 0 Å². The van der Waals surface area contributed by atoms with E-state index in [9.17, 15) is 4.79 Å². The van der Waals surface area contributed by atoms with Crippen LogP contribution in [0.25, 0.3) is 33.3 Å². The van der Waals surface area contributed by atoms with E-state index in [2.05, 4.69) is 60.5 Å². The number of nitrogens with zero attached hydrogens (tertiary/aromatic N) is 3. The smallest absolute Gasteiger partial charge is 0.227 e. The predicted octanol–water partition coefficient (Wildman–Crippen LogP) is 4.89. The minimum atomic E-state index is 0.203. The average Bonchev–Trinajstić information content (AvgIpc) is 2.84. The Morgan fingerprint density at radius 1 is 0.812 bits per heavy atom. The minimum Gasteiger partial charge on any atom is -0.340 e. The molecular weight excluding hydrogens is 394 g/mol. The molecule has 0 bridgehead atoms. The van der Waals surface area contributed by atoms with Crippen molar-refractivity contribution < 1.29 is 4.79 Å². The summed E-state index contributed by atoms with van der Waals surface area (Å²) in [6.45, 7) is 3.50. The topological polar surface area (TPSA) is 36.4 Å². The molecule has 0 unspecified atom stereocenters. The molecule has 3 aromatic carbocycles. The first-order valence-electron chi connectivity index (χ1n) is 11.2. The van der Waals surface area contributed by atoms with Gasteiger partial charge in [-0.3, -0.25) is 4.79 Å². The summed E-state index contributed by atoms with van der Waals surface area (Å²) in [5, 5.41) is 1.06. The van der Waals surface area contributed by atoms with Crippen LogP contribution in [0.2, 0.25) is 0 Å². The highest BCUT2D eigenvalue weighted by atomic mass is 16.2. The van der Waals surface area contributed by atoms with Gasteiger partial charge in [0.15, 0.2) is 0 Å². The zero-order chi connectivity index (χ0) is 21.9. The van der Waals surface area contributed by atoms with E-state index in [0.717, 1.165) is 65.0 Å². The van der Waals surface area contributed by atoms with Crippen LogP contribution in [-0.2, 0) is 11.2 Å². The molecule has 4 heteroatoms. The van der Waals surface area contributed by atoms with Gasteiger partial charge in [-0.25, -0.2) is 4.98 Å². The van der Waals surface area contributed by atoms with Crippen LogP contribution < -0.4 is 0 Å². The van der Waals surface area contributed by atoms with Gasteiger partial charge in [0.25, 0.3) is 0 Å². The van der Waals surface area contributed by atoms with E-state index in [4.69, 9.17) is 4.98 Å².